The van der Waals surface area contributed by atoms with E-state index in [1.807, 2.05) is 0 Å². The molecule has 1 aromatic rings. The molecule has 0 atom stereocenters. The Morgan fingerprint density at radius 2 is 1.07 bits per heavy atom. The minimum absolute atomic E-state index is 0.125. The van der Waals surface area contributed by atoms with E-state index in [-0.39, 0.29) is 13.2 Å². The summed E-state index contributed by atoms with van der Waals surface area (Å²) in [4.78, 5) is 0. The van der Waals surface area contributed by atoms with Crippen molar-refractivity contribution < 1.29 is 14.9 Å². The van der Waals surface area contributed by atoms with Gasteiger partial charge in [0, 0.05) is 14.2 Å². The number of aryl methyl sites for hydroxylation is 2. The van der Waals surface area contributed by atoms with Crippen LogP contribution in [0.4, 0.5) is 0 Å². The highest BCUT2D eigenvalue weighted by molar-refractivity contribution is 5.19. The van der Waals surface area contributed by atoms with Gasteiger partial charge in [-0.1, -0.05) is 35.4 Å². The SMILES string of the molecule is COC.Cc1ccc(C)cc1.OCCO. The van der Waals surface area contributed by atoms with Crippen molar-refractivity contribution >= 4 is 0 Å². The summed E-state index contributed by atoms with van der Waals surface area (Å²) in [6.45, 7) is 3.94. The number of hydrogen-bond acceptors (Lipinski definition) is 3. The summed E-state index contributed by atoms with van der Waals surface area (Å²) in [7, 11) is 3.25. The number of methoxy groups -OCH3 is 1. The standard InChI is InChI=1S/C8H10.C2H6O2.C2H6O/c1-7-3-5-8(2)6-4-7;3-1-2-4;1-3-2/h3-6H,1-2H3;3-4H,1-2H2;1-2H3. The third kappa shape index (κ3) is 15.8. The van der Waals surface area contributed by atoms with Crippen LogP contribution < -0.4 is 0 Å². The highest BCUT2D eigenvalue weighted by Crippen LogP contribution is 1.99. The molecule has 0 bridgehead atoms. The Balaban J connectivity index is 0. The molecule has 1 rings (SSSR count). The Bertz CT molecular complexity index is 184. The van der Waals surface area contributed by atoms with Crippen molar-refractivity contribution in [2.75, 3.05) is 27.4 Å². The molecule has 1 aromatic carbocycles. The molecule has 0 aromatic heterocycles. The van der Waals surface area contributed by atoms with E-state index in [0.29, 0.717) is 0 Å². The minimum atomic E-state index is -0.125. The molecule has 2 N–H and O–H groups in total. The van der Waals surface area contributed by atoms with Gasteiger partial charge in [-0.25, -0.2) is 0 Å². The van der Waals surface area contributed by atoms with Crippen molar-refractivity contribution in [3.8, 4) is 0 Å². The van der Waals surface area contributed by atoms with Gasteiger partial charge in [0.2, 0.25) is 0 Å². The molecule has 0 aliphatic heterocycles. The van der Waals surface area contributed by atoms with E-state index in [1.54, 1.807) is 14.2 Å². The molecule has 0 amide bonds. The van der Waals surface area contributed by atoms with Gasteiger partial charge < -0.3 is 14.9 Å². The molecule has 88 valence electrons. The quantitative estimate of drug-likeness (QED) is 0.745. The number of ether oxygens (including phenoxy) is 1. The lowest BCUT2D eigenvalue weighted by Gasteiger charge is -1.90. The van der Waals surface area contributed by atoms with Gasteiger partial charge in [0.05, 0.1) is 13.2 Å². The van der Waals surface area contributed by atoms with Crippen LogP contribution in [0.25, 0.3) is 0 Å². The first-order valence-electron chi connectivity index (χ1n) is 4.77. The van der Waals surface area contributed by atoms with E-state index in [2.05, 4.69) is 42.8 Å². The van der Waals surface area contributed by atoms with Gasteiger partial charge in [0.15, 0.2) is 0 Å². The molecule has 3 nitrogen and oxygen atoms in total. The third-order valence-electron chi connectivity index (χ3n) is 1.32. The van der Waals surface area contributed by atoms with Crippen LogP contribution in [0.3, 0.4) is 0 Å². The van der Waals surface area contributed by atoms with Crippen molar-refractivity contribution in [2.45, 2.75) is 13.8 Å². The lowest BCUT2D eigenvalue weighted by Crippen LogP contribution is -1.85. The van der Waals surface area contributed by atoms with E-state index in [0.717, 1.165) is 0 Å². The predicted octanol–water partition coefficient (Wildman–Crippen LogP) is 1.54. The molecule has 15 heavy (non-hydrogen) atoms. The second-order valence-corrected chi connectivity index (χ2v) is 3.01. The van der Waals surface area contributed by atoms with E-state index >= 15 is 0 Å². The van der Waals surface area contributed by atoms with E-state index in [4.69, 9.17) is 10.2 Å². The summed E-state index contributed by atoms with van der Waals surface area (Å²) in [6.07, 6.45) is 0. The Morgan fingerprint density at radius 3 is 1.20 bits per heavy atom. The Labute approximate surface area is 92.3 Å². The maximum absolute atomic E-state index is 7.62. The highest BCUT2D eigenvalue weighted by atomic mass is 16.4. The zero-order chi connectivity index (χ0) is 12.1. The van der Waals surface area contributed by atoms with Gasteiger partial charge in [0.1, 0.15) is 0 Å². The summed E-state index contributed by atoms with van der Waals surface area (Å²) in [5, 5.41) is 15.2. The first kappa shape index (κ1) is 16.5. The molecule has 0 saturated carbocycles. The molecule has 0 unspecified atom stereocenters. The summed E-state index contributed by atoms with van der Waals surface area (Å²) in [5.74, 6) is 0. The van der Waals surface area contributed by atoms with Gasteiger partial charge in [-0.3, -0.25) is 0 Å². The van der Waals surface area contributed by atoms with Crippen LogP contribution in [0.5, 0.6) is 0 Å². The van der Waals surface area contributed by atoms with E-state index < -0.39 is 0 Å². The molecule has 0 saturated heterocycles. The van der Waals surface area contributed by atoms with Crippen LogP contribution in [-0.2, 0) is 4.74 Å². The fourth-order valence-electron chi connectivity index (χ4n) is 0.637. The fraction of sp³-hybridized carbons (Fsp3) is 0.500. The van der Waals surface area contributed by atoms with Crippen LogP contribution in [0, 0.1) is 13.8 Å². The second kappa shape index (κ2) is 13.1. The number of aliphatic hydroxyl groups is 2. The maximum atomic E-state index is 7.62. The van der Waals surface area contributed by atoms with Crippen molar-refractivity contribution in [2.24, 2.45) is 0 Å². The molecule has 3 heteroatoms. The molecule has 0 fully saturated rings. The fourth-order valence-corrected chi connectivity index (χ4v) is 0.637. The molecule has 0 radical (unpaired) electrons. The van der Waals surface area contributed by atoms with Crippen molar-refractivity contribution in [3.05, 3.63) is 35.4 Å². The topological polar surface area (TPSA) is 49.7 Å². The van der Waals surface area contributed by atoms with Crippen LogP contribution in [0.15, 0.2) is 24.3 Å². The predicted molar refractivity (Wildman–Crippen MR) is 63.0 cm³/mol. The summed E-state index contributed by atoms with van der Waals surface area (Å²) < 4.78 is 4.25. The average molecular weight is 214 g/mol. The van der Waals surface area contributed by atoms with Gasteiger partial charge in [-0.2, -0.15) is 0 Å². The molecular weight excluding hydrogens is 192 g/mol. The zero-order valence-electron chi connectivity index (χ0n) is 10.0. The van der Waals surface area contributed by atoms with E-state index in [9.17, 15) is 0 Å². The van der Waals surface area contributed by atoms with Gasteiger partial charge in [-0.15, -0.1) is 0 Å². The van der Waals surface area contributed by atoms with Crippen LogP contribution >= 0.6 is 0 Å². The highest BCUT2D eigenvalue weighted by Gasteiger charge is 1.79. The number of hydrogen-bond donors (Lipinski definition) is 2. The lowest BCUT2D eigenvalue weighted by atomic mass is 10.2. The maximum Gasteiger partial charge on any atom is 0.0662 e. The van der Waals surface area contributed by atoms with Gasteiger partial charge >= 0.3 is 0 Å². The number of benzene rings is 1. The zero-order valence-corrected chi connectivity index (χ0v) is 10.0. The molecule has 0 aliphatic rings. The Morgan fingerprint density at radius 1 is 0.867 bits per heavy atom. The second-order valence-electron chi connectivity index (χ2n) is 3.01. The first-order valence-corrected chi connectivity index (χ1v) is 4.77. The molecule has 0 spiro atoms. The van der Waals surface area contributed by atoms with E-state index in [1.165, 1.54) is 11.1 Å². The lowest BCUT2D eigenvalue weighted by molar-refractivity contribution is 0.186. The Kier molecular flexibility index (Phi) is 14.4. The van der Waals surface area contributed by atoms with Crippen molar-refractivity contribution in [1.82, 2.24) is 0 Å². The number of aliphatic hydroxyl groups excluding tert-OH is 2. The number of rotatable bonds is 1. The van der Waals surface area contributed by atoms with Crippen molar-refractivity contribution in [1.29, 1.82) is 0 Å². The minimum Gasteiger partial charge on any atom is -0.394 e. The van der Waals surface area contributed by atoms with Crippen LogP contribution in [0.1, 0.15) is 11.1 Å². The first-order chi connectivity index (χ1) is 7.12. The molecule has 0 heterocycles. The van der Waals surface area contributed by atoms with Gasteiger partial charge in [-0.05, 0) is 13.8 Å². The van der Waals surface area contributed by atoms with Crippen molar-refractivity contribution in [3.63, 3.8) is 0 Å². The normalized spacial score (nSPS) is 8.13. The average Bonchev–Trinajstić information content (AvgIpc) is 2.24. The molecular formula is C12H22O3. The van der Waals surface area contributed by atoms with Crippen LogP contribution in [-0.4, -0.2) is 37.6 Å². The third-order valence-corrected chi connectivity index (χ3v) is 1.32. The monoisotopic (exact) mass is 214 g/mol. The summed E-state index contributed by atoms with van der Waals surface area (Å²) in [6, 6.07) is 8.48. The smallest absolute Gasteiger partial charge is 0.0662 e. The largest absolute Gasteiger partial charge is 0.394 e. The summed E-state index contributed by atoms with van der Waals surface area (Å²) in [5.41, 5.74) is 2.66. The Hall–Kier alpha value is -0.900. The molecule has 0 aliphatic carbocycles. The summed E-state index contributed by atoms with van der Waals surface area (Å²) >= 11 is 0. The van der Waals surface area contributed by atoms with Gasteiger partial charge in [0.25, 0.3) is 0 Å². The van der Waals surface area contributed by atoms with Crippen LogP contribution in [0.2, 0.25) is 0 Å².